The van der Waals surface area contributed by atoms with Crippen molar-refractivity contribution in [3.05, 3.63) is 23.8 Å². The summed E-state index contributed by atoms with van der Waals surface area (Å²) in [7, 11) is 0. The van der Waals surface area contributed by atoms with Crippen LogP contribution in [0.3, 0.4) is 0 Å². The van der Waals surface area contributed by atoms with Gasteiger partial charge in [-0.25, -0.2) is 0 Å². The van der Waals surface area contributed by atoms with Gasteiger partial charge in [-0.2, -0.15) is 0 Å². The Hall–Kier alpha value is -2.08. The van der Waals surface area contributed by atoms with Gasteiger partial charge in [0.1, 0.15) is 0 Å². The molecule has 2 rings (SSSR count). The predicted molar refractivity (Wildman–Crippen MR) is 82.6 cm³/mol. The number of nitrogens with one attached hydrogen (secondary N) is 1. The fourth-order valence-corrected chi connectivity index (χ4v) is 2.65. The molecular weight excluding hydrogens is 268 g/mol. The Balaban J connectivity index is 1.91. The van der Waals surface area contributed by atoms with E-state index in [9.17, 15) is 9.59 Å². The fraction of sp³-hybridized carbons (Fsp3) is 0.467. The summed E-state index contributed by atoms with van der Waals surface area (Å²) in [6, 6.07) is 5.37. The number of rotatable bonds is 4. The molecule has 1 aliphatic rings. The standard InChI is InChI=1S/C15H22N4O2/c1-10-7-12(16)4-5-13(10)18-14(20)9-19-6-2-3-11(8-19)15(17)21/h4-5,7,11H,2-3,6,8-9,16H2,1H3,(H2,17,21)(H,18,20). The molecule has 0 aliphatic carbocycles. The Morgan fingerprint density at radius 1 is 1.43 bits per heavy atom. The molecule has 114 valence electrons. The number of benzene rings is 1. The highest BCUT2D eigenvalue weighted by atomic mass is 16.2. The van der Waals surface area contributed by atoms with Crippen molar-refractivity contribution in [3.8, 4) is 0 Å². The number of hydrogen-bond acceptors (Lipinski definition) is 4. The highest BCUT2D eigenvalue weighted by Gasteiger charge is 2.25. The Bertz CT molecular complexity index is 544. The van der Waals surface area contributed by atoms with Crippen molar-refractivity contribution in [1.29, 1.82) is 0 Å². The van der Waals surface area contributed by atoms with Gasteiger partial charge in [0, 0.05) is 17.9 Å². The molecule has 0 saturated carbocycles. The maximum atomic E-state index is 12.1. The van der Waals surface area contributed by atoms with Crippen LogP contribution in [0.5, 0.6) is 0 Å². The largest absolute Gasteiger partial charge is 0.399 e. The molecule has 1 aliphatic heterocycles. The van der Waals surface area contributed by atoms with E-state index in [1.54, 1.807) is 12.1 Å². The third kappa shape index (κ3) is 4.19. The number of anilines is 2. The number of piperidine rings is 1. The van der Waals surface area contributed by atoms with Gasteiger partial charge in [-0.15, -0.1) is 0 Å². The van der Waals surface area contributed by atoms with Gasteiger partial charge in [-0.1, -0.05) is 0 Å². The third-order valence-electron chi connectivity index (χ3n) is 3.80. The summed E-state index contributed by atoms with van der Waals surface area (Å²) in [5, 5.41) is 2.88. The summed E-state index contributed by atoms with van der Waals surface area (Å²) in [6.45, 7) is 3.55. The first-order chi connectivity index (χ1) is 9.95. The SMILES string of the molecule is Cc1cc(N)ccc1NC(=O)CN1CCCC(C(N)=O)C1. The number of carbonyl (C=O) groups is 2. The molecule has 6 nitrogen and oxygen atoms in total. The topological polar surface area (TPSA) is 101 Å². The minimum atomic E-state index is -0.283. The van der Waals surface area contributed by atoms with Crippen molar-refractivity contribution >= 4 is 23.2 Å². The molecule has 1 atom stereocenters. The van der Waals surface area contributed by atoms with Crippen molar-refractivity contribution < 1.29 is 9.59 Å². The molecular formula is C15H22N4O2. The van der Waals surface area contributed by atoms with Gasteiger partial charge in [0.2, 0.25) is 11.8 Å². The van der Waals surface area contributed by atoms with Crippen LogP contribution in [-0.4, -0.2) is 36.3 Å². The maximum absolute atomic E-state index is 12.1. The molecule has 0 radical (unpaired) electrons. The van der Waals surface area contributed by atoms with Gasteiger partial charge in [0.25, 0.3) is 0 Å². The second kappa shape index (κ2) is 6.58. The van der Waals surface area contributed by atoms with Crippen molar-refractivity contribution in [2.45, 2.75) is 19.8 Å². The summed E-state index contributed by atoms with van der Waals surface area (Å²) in [5.74, 6) is -0.521. The monoisotopic (exact) mass is 290 g/mol. The van der Waals surface area contributed by atoms with Crippen molar-refractivity contribution in [2.24, 2.45) is 11.7 Å². The molecule has 0 aromatic heterocycles. The molecule has 0 spiro atoms. The molecule has 5 N–H and O–H groups in total. The highest BCUT2D eigenvalue weighted by molar-refractivity contribution is 5.93. The summed E-state index contributed by atoms with van der Waals surface area (Å²) in [5.41, 5.74) is 13.4. The molecule has 2 amide bonds. The second-order valence-corrected chi connectivity index (χ2v) is 5.60. The van der Waals surface area contributed by atoms with E-state index in [1.165, 1.54) is 0 Å². The minimum absolute atomic E-state index is 0.0898. The van der Waals surface area contributed by atoms with Gasteiger partial charge >= 0.3 is 0 Å². The Morgan fingerprint density at radius 3 is 2.86 bits per heavy atom. The number of carbonyl (C=O) groups excluding carboxylic acids is 2. The number of nitrogens with zero attached hydrogens (tertiary/aromatic N) is 1. The van der Waals surface area contributed by atoms with E-state index in [4.69, 9.17) is 11.5 Å². The second-order valence-electron chi connectivity index (χ2n) is 5.60. The number of amides is 2. The third-order valence-corrected chi connectivity index (χ3v) is 3.80. The first-order valence-corrected chi connectivity index (χ1v) is 7.13. The van der Waals surface area contributed by atoms with E-state index < -0.39 is 0 Å². The summed E-state index contributed by atoms with van der Waals surface area (Å²) < 4.78 is 0. The van der Waals surface area contributed by atoms with E-state index >= 15 is 0 Å². The van der Waals surface area contributed by atoms with Gasteiger partial charge < -0.3 is 16.8 Å². The number of primary amides is 1. The Kier molecular flexibility index (Phi) is 4.80. The molecule has 1 aromatic carbocycles. The van der Waals surface area contributed by atoms with E-state index in [-0.39, 0.29) is 24.3 Å². The lowest BCUT2D eigenvalue weighted by atomic mass is 9.97. The lowest BCUT2D eigenvalue weighted by Gasteiger charge is -2.30. The van der Waals surface area contributed by atoms with E-state index in [1.807, 2.05) is 17.9 Å². The first kappa shape index (κ1) is 15.3. The number of aryl methyl sites for hydroxylation is 1. The van der Waals surface area contributed by atoms with Crippen LogP contribution in [0.4, 0.5) is 11.4 Å². The van der Waals surface area contributed by atoms with Gasteiger partial charge in [-0.05, 0) is 50.1 Å². The van der Waals surface area contributed by atoms with E-state index in [2.05, 4.69) is 5.32 Å². The first-order valence-electron chi connectivity index (χ1n) is 7.13. The normalized spacial score (nSPS) is 19.2. The van der Waals surface area contributed by atoms with Crippen LogP contribution in [-0.2, 0) is 9.59 Å². The number of likely N-dealkylation sites (tertiary alicyclic amines) is 1. The van der Waals surface area contributed by atoms with Crippen molar-refractivity contribution in [3.63, 3.8) is 0 Å². The molecule has 21 heavy (non-hydrogen) atoms. The van der Waals surface area contributed by atoms with Crippen LogP contribution in [0.2, 0.25) is 0 Å². The Morgan fingerprint density at radius 2 is 2.19 bits per heavy atom. The van der Waals surface area contributed by atoms with E-state index in [0.29, 0.717) is 12.2 Å². The van der Waals surface area contributed by atoms with Crippen molar-refractivity contribution in [2.75, 3.05) is 30.7 Å². The van der Waals surface area contributed by atoms with E-state index in [0.717, 1.165) is 30.6 Å². The quantitative estimate of drug-likeness (QED) is 0.711. The van der Waals surface area contributed by atoms with Crippen LogP contribution < -0.4 is 16.8 Å². The van der Waals surface area contributed by atoms with Gasteiger partial charge in [0.05, 0.1) is 12.5 Å². The molecule has 6 heteroatoms. The molecule has 1 unspecified atom stereocenters. The van der Waals surface area contributed by atoms with Gasteiger partial charge in [-0.3, -0.25) is 14.5 Å². The summed E-state index contributed by atoms with van der Waals surface area (Å²) in [4.78, 5) is 25.3. The number of nitrogens with two attached hydrogens (primary N) is 2. The summed E-state index contributed by atoms with van der Waals surface area (Å²) in [6.07, 6.45) is 1.70. The lowest BCUT2D eigenvalue weighted by Crippen LogP contribution is -2.44. The zero-order valence-corrected chi connectivity index (χ0v) is 12.3. The molecule has 1 saturated heterocycles. The average molecular weight is 290 g/mol. The van der Waals surface area contributed by atoms with Crippen LogP contribution in [0.25, 0.3) is 0 Å². The lowest BCUT2D eigenvalue weighted by molar-refractivity contribution is -0.125. The average Bonchev–Trinajstić information content (AvgIpc) is 2.42. The zero-order chi connectivity index (χ0) is 15.4. The van der Waals surface area contributed by atoms with Crippen molar-refractivity contribution in [1.82, 2.24) is 4.90 Å². The smallest absolute Gasteiger partial charge is 0.238 e. The predicted octanol–water partition coefficient (Wildman–Crippen LogP) is 0.713. The zero-order valence-electron chi connectivity index (χ0n) is 12.3. The van der Waals surface area contributed by atoms with Crippen LogP contribution >= 0.6 is 0 Å². The fourth-order valence-electron chi connectivity index (χ4n) is 2.65. The number of hydrogen-bond donors (Lipinski definition) is 3. The van der Waals surface area contributed by atoms with Crippen LogP contribution in [0.15, 0.2) is 18.2 Å². The summed E-state index contributed by atoms with van der Waals surface area (Å²) >= 11 is 0. The molecule has 1 heterocycles. The van der Waals surface area contributed by atoms with Crippen LogP contribution in [0.1, 0.15) is 18.4 Å². The highest BCUT2D eigenvalue weighted by Crippen LogP contribution is 2.19. The molecule has 0 bridgehead atoms. The molecule has 1 aromatic rings. The Labute approximate surface area is 124 Å². The van der Waals surface area contributed by atoms with Gasteiger partial charge in [0.15, 0.2) is 0 Å². The molecule has 1 fully saturated rings. The minimum Gasteiger partial charge on any atom is -0.399 e. The maximum Gasteiger partial charge on any atom is 0.238 e. The van der Waals surface area contributed by atoms with Crippen LogP contribution in [0, 0.1) is 12.8 Å². The number of nitrogen functional groups attached to an aromatic ring is 1.